The van der Waals surface area contributed by atoms with E-state index < -0.39 is 9.84 Å². The molecular formula is C26H23N5O2S. The molecular weight excluding hydrogens is 446 g/mol. The molecule has 0 atom stereocenters. The molecule has 0 bridgehead atoms. The van der Waals surface area contributed by atoms with Crippen LogP contribution < -0.4 is 5.73 Å². The number of anilines is 1. The summed E-state index contributed by atoms with van der Waals surface area (Å²) < 4.78 is 29.1. The molecule has 0 aliphatic rings. The Hall–Kier alpha value is -4.04. The van der Waals surface area contributed by atoms with Crippen LogP contribution in [0.15, 0.2) is 81.6 Å². The fraction of sp³-hybridized carbons (Fsp3) is 0.115. The van der Waals surface area contributed by atoms with Crippen LogP contribution >= 0.6 is 0 Å². The molecule has 5 aromatic rings. The third-order valence-electron chi connectivity index (χ3n) is 5.73. The van der Waals surface area contributed by atoms with Gasteiger partial charge in [-0.05, 0) is 55.7 Å². The van der Waals surface area contributed by atoms with Crippen molar-refractivity contribution >= 4 is 44.1 Å². The molecule has 2 N–H and O–H groups in total. The average molecular weight is 470 g/mol. The standard InChI is InChI=1S/C26H23N5O2S/c1-16-9-12-19(13-10-16)15-28-31-25(27)24(34(32,33)22-14-17(2)8-11-18(22)3)23-26(31)30-21-7-5-4-6-20(21)29-23/h4-15H,27H2,1-3H3. The van der Waals surface area contributed by atoms with E-state index in [4.69, 9.17) is 5.73 Å². The first-order chi connectivity index (χ1) is 16.3. The smallest absolute Gasteiger partial charge is 0.212 e. The van der Waals surface area contributed by atoms with Crippen molar-refractivity contribution in [1.82, 2.24) is 14.6 Å². The number of hydrogen-bond donors (Lipinski definition) is 1. The number of sulfone groups is 1. The lowest BCUT2D eigenvalue weighted by molar-refractivity contribution is 0.596. The Morgan fingerprint density at radius 1 is 0.882 bits per heavy atom. The van der Waals surface area contributed by atoms with Gasteiger partial charge in [-0.2, -0.15) is 9.78 Å². The third kappa shape index (κ3) is 3.62. The van der Waals surface area contributed by atoms with Gasteiger partial charge in [0.25, 0.3) is 0 Å². The summed E-state index contributed by atoms with van der Waals surface area (Å²) in [5.74, 6) is -0.0328. The summed E-state index contributed by atoms with van der Waals surface area (Å²) in [4.78, 5) is 9.43. The summed E-state index contributed by atoms with van der Waals surface area (Å²) in [5.41, 5.74) is 11.6. The lowest BCUT2D eigenvalue weighted by Crippen LogP contribution is -2.08. The first-order valence-corrected chi connectivity index (χ1v) is 12.2. The topological polar surface area (TPSA) is 103 Å². The van der Waals surface area contributed by atoms with Crippen LogP contribution in [0.3, 0.4) is 0 Å². The van der Waals surface area contributed by atoms with Crippen molar-refractivity contribution in [3.63, 3.8) is 0 Å². The number of nitrogen functional groups attached to an aromatic ring is 1. The molecule has 8 heteroatoms. The first kappa shape index (κ1) is 21.8. The largest absolute Gasteiger partial charge is 0.382 e. The van der Waals surface area contributed by atoms with Gasteiger partial charge >= 0.3 is 0 Å². The van der Waals surface area contributed by atoms with Gasteiger partial charge in [0.05, 0.1) is 22.1 Å². The second-order valence-electron chi connectivity index (χ2n) is 8.34. The molecule has 2 heterocycles. The van der Waals surface area contributed by atoms with E-state index >= 15 is 0 Å². The highest BCUT2D eigenvalue weighted by atomic mass is 32.2. The zero-order valence-electron chi connectivity index (χ0n) is 19.0. The van der Waals surface area contributed by atoms with Crippen molar-refractivity contribution in [3.8, 4) is 0 Å². The maximum Gasteiger partial charge on any atom is 0.212 e. The van der Waals surface area contributed by atoms with Crippen LogP contribution in [0.2, 0.25) is 0 Å². The molecule has 0 spiro atoms. The second kappa shape index (κ2) is 8.07. The zero-order valence-corrected chi connectivity index (χ0v) is 19.8. The number of benzene rings is 3. The molecule has 5 rings (SSSR count). The minimum Gasteiger partial charge on any atom is -0.382 e. The number of nitrogens with zero attached hydrogens (tertiary/aromatic N) is 4. The molecule has 0 amide bonds. The van der Waals surface area contributed by atoms with Gasteiger partial charge in [-0.1, -0.05) is 54.1 Å². The van der Waals surface area contributed by atoms with E-state index in [1.807, 2.05) is 62.4 Å². The number of hydrogen-bond acceptors (Lipinski definition) is 6. The lowest BCUT2D eigenvalue weighted by Gasteiger charge is -2.09. The van der Waals surface area contributed by atoms with Crippen LogP contribution in [0.1, 0.15) is 22.3 Å². The fourth-order valence-electron chi connectivity index (χ4n) is 3.89. The van der Waals surface area contributed by atoms with Gasteiger partial charge in [0.2, 0.25) is 9.84 Å². The second-order valence-corrected chi connectivity index (χ2v) is 10.2. The third-order valence-corrected chi connectivity index (χ3v) is 7.69. The van der Waals surface area contributed by atoms with E-state index in [1.165, 1.54) is 4.68 Å². The molecule has 0 aliphatic heterocycles. The van der Waals surface area contributed by atoms with E-state index in [0.29, 0.717) is 16.6 Å². The minimum atomic E-state index is -4.01. The van der Waals surface area contributed by atoms with Crippen LogP contribution in [-0.2, 0) is 9.84 Å². The fourth-order valence-corrected chi connectivity index (χ4v) is 5.69. The Morgan fingerprint density at radius 3 is 2.24 bits per heavy atom. The lowest BCUT2D eigenvalue weighted by atomic mass is 10.2. The molecule has 170 valence electrons. The average Bonchev–Trinajstić information content (AvgIpc) is 3.09. The quantitative estimate of drug-likeness (QED) is 0.381. The van der Waals surface area contributed by atoms with E-state index in [9.17, 15) is 8.42 Å². The Labute approximate surface area is 197 Å². The Morgan fingerprint density at radius 2 is 1.53 bits per heavy atom. The first-order valence-electron chi connectivity index (χ1n) is 10.8. The Kier molecular flexibility index (Phi) is 5.17. The Balaban J connectivity index is 1.81. The van der Waals surface area contributed by atoms with Crippen molar-refractivity contribution in [1.29, 1.82) is 0 Å². The molecule has 0 saturated heterocycles. The summed E-state index contributed by atoms with van der Waals surface area (Å²) in [7, 11) is -4.01. The molecule has 0 aliphatic carbocycles. The van der Waals surface area contributed by atoms with Crippen molar-refractivity contribution in [2.24, 2.45) is 5.10 Å². The highest BCUT2D eigenvalue weighted by Gasteiger charge is 2.31. The van der Waals surface area contributed by atoms with Gasteiger partial charge in [-0.15, -0.1) is 0 Å². The van der Waals surface area contributed by atoms with E-state index in [2.05, 4.69) is 15.1 Å². The number of aromatic nitrogens is 3. The summed E-state index contributed by atoms with van der Waals surface area (Å²) in [6, 6.07) is 20.4. The number of para-hydroxylation sites is 2. The summed E-state index contributed by atoms with van der Waals surface area (Å²) in [6.45, 7) is 5.62. The highest BCUT2D eigenvalue weighted by molar-refractivity contribution is 7.92. The molecule has 7 nitrogen and oxygen atoms in total. The van der Waals surface area contributed by atoms with Gasteiger partial charge in [-0.25, -0.2) is 18.4 Å². The number of rotatable bonds is 4. The SMILES string of the molecule is Cc1ccc(C=Nn2c(N)c(S(=O)(=O)c3cc(C)ccc3C)c3nc4ccccc4nc32)cc1. The van der Waals surface area contributed by atoms with Gasteiger partial charge in [0, 0.05) is 0 Å². The van der Waals surface area contributed by atoms with Gasteiger partial charge in [-0.3, -0.25) is 0 Å². The molecule has 0 radical (unpaired) electrons. The summed E-state index contributed by atoms with van der Waals surface area (Å²) in [6.07, 6.45) is 1.63. The van der Waals surface area contributed by atoms with Crippen molar-refractivity contribution in [3.05, 3.63) is 89.0 Å². The molecule has 0 unspecified atom stereocenters. The van der Waals surface area contributed by atoms with Gasteiger partial charge < -0.3 is 5.73 Å². The van der Waals surface area contributed by atoms with Gasteiger partial charge in [0.15, 0.2) is 5.65 Å². The molecule has 0 saturated carbocycles. The van der Waals surface area contributed by atoms with Crippen LogP contribution in [0, 0.1) is 20.8 Å². The number of aryl methyl sites for hydroxylation is 3. The maximum absolute atomic E-state index is 13.9. The van der Waals surface area contributed by atoms with E-state index in [0.717, 1.165) is 16.7 Å². The van der Waals surface area contributed by atoms with E-state index in [-0.39, 0.29) is 26.8 Å². The molecule has 2 aromatic heterocycles. The number of nitrogens with two attached hydrogens (primary N) is 1. The molecule has 34 heavy (non-hydrogen) atoms. The molecule has 3 aromatic carbocycles. The highest BCUT2D eigenvalue weighted by Crippen LogP contribution is 2.36. The Bertz CT molecular complexity index is 1700. The van der Waals surface area contributed by atoms with Gasteiger partial charge in [0.1, 0.15) is 16.2 Å². The van der Waals surface area contributed by atoms with Crippen LogP contribution in [0.5, 0.6) is 0 Å². The minimum absolute atomic E-state index is 0.0328. The van der Waals surface area contributed by atoms with Crippen LogP contribution in [-0.4, -0.2) is 29.3 Å². The predicted molar refractivity (Wildman–Crippen MR) is 135 cm³/mol. The predicted octanol–water partition coefficient (Wildman–Crippen LogP) is 4.81. The molecule has 0 fully saturated rings. The summed E-state index contributed by atoms with van der Waals surface area (Å²) in [5, 5.41) is 4.51. The normalized spacial score (nSPS) is 12.2. The van der Waals surface area contributed by atoms with Crippen LogP contribution in [0.4, 0.5) is 5.82 Å². The van der Waals surface area contributed by atoms with Crippen molar-refractivity contribution in [2.45, 2.75) is 30.6 Å². The summed E-state index contributed by atoms with van der Waals surface area (Å²) >= 11 is 0. The number of fused-ring (bicyclic) bond motifs is 2. The monoisotopic (exact) mass is 469 g/mol. The van der Waals surface area contributed by atoms with E-state index in [1.54, 1.807) is 31.3 Å². The maximum atomic E-state index is 13.9. The zero-order chi connectivity index (χ0) is 24.0. The van der Waals surface area contributed by atoms with Crippen molar-refractivity contribution < 1.29 is 8.42 Å². The van der Waals surface area contributed by atoms with Crippen LogP contribution in [0.25, 0.3) is 22.2 Å². The van der Waals surface area contributed by atoms with Crippen molar-refractivity contribution in [2.75, 3.05) is 5.73 Å².